The van der Waals surface area contributed by atoms with Crippen molar-refractivity contribution in [3.63, 3.8) is 0 Å². The lowest BCUT2D eigenvalue weighted by Crippen LogP contribution is -2.31. The maximum atomic E-state index is 3.53. The molecule has 0 heterocycles. The van der Waals surface area contributed by atoms with Crippen molar-refractivity contribution < 1.29 is 0 Å². The second-order valence-corrected chi connectivity index (χ2v) is 6.36. The summed E-state index contributed by atoms with van der Waals surface area (Å²) in [6.07, 6.45) is 11.8. The highest BCUT2D eigenvalue weighted by molar-refractivity contribution is 7.99. The van der Waals surface area contributed by atoms with Crippen LogP contribution in [-0.4, -0.2) is 49.6 Å². The Balaban J connectivity index is 1.85. The Bertz CT molecular complexity index is 274. The molecule has 1 aliphatic rings. The number of hydrogen-bond acceptors (Lipinski definition) is 3. The van der Waals surface area contributed by atoms with Gasteiger partial charge in [0.15, 0.2) is 0 Å². The first-order chi connectivity index (χ1) is 9.33. The maximum absolute atomic E-state index is 3.53. The number of nitrogens with zero attached hydrogens (tertiary/aromatic N) is 1. The van der Waals surface area contributed by atoms with Crippen LogP contribution in [0.5, 0.6) is 0 Å². The molecule has 0 aliphatic heterocycles. The Kier molecular flexibility index (Phi) is 10.2. The molecule has 2 nitrogen and oxygen atoms in total. The molecule has 0 amide bonds. The molecule has 0 spiro atoms. The van der Waals surface area contributed by atoms with Crippen molar-refractivity contribution in [1.82, 2.24) is 10.2 Å². The first-order valence-electron chi connectivity index (χ1n) is 7.64. The third-order valence-corrected chi connectivity index (χ3v) is 4.44. The van der Waals surface area contributed by atoms with Gasteiger partial charge in [0, 0.05) is 31.1 Å². The lowest BCUT2D eigenvalue weighted by atomic mass is 10.1. The zero-order valence-electron chi connectivity index (χ0n) is 12.7. The van der Waals surface area contributed by atoms with Crippen molar-refractivity contribution in [1.29, 1.82) is 0 Å². The fourth-order valence-electron chi connectivity index (χ4n) is 2.06. The molecule has 0 aromatic carbocycles. The lowest BCUT2D eigenvalue weighted by Gasteiger charge is -2.16. The third-order valence-electron chi connectivity index (χ3n) is 3.37. The first-order valence-corrected chi connectivity index (χ1v) is 8.80. The van der Waals surface area contributed by atoms with Gasteiger partial charge in [-0.05, 0) is 32.9 Å². The van der Waals surface area contributed by atoms with E-state index in [4.69, 9.17) is 0 Å². The Morgan fingerprint density at radius 1 is 1.32 bits per heavy atom. The van der Waals surface area contributed by atoms with E-state index >= 15 is 0 Å². The molecule has 1 aliphatic carbocycles. The van der Waals surface area contributed by atoms with Crippen molar-refractivity contribution in [2.45, 2.75) is 32.6 Å². The molecule has 0 saturated carbocycles. The lowest BCUT2D eigenvalue weighted by molar-refractivity contribution is 0.327. The topological polar surface area (TPSA) is 15.3 Å². The van der Waals surface area contributed by atoms with Gasteiger partial charge in [-0.3, -0.25) is 0 Å². The molecule has 0 radical (unpaired) electrons. The number of rotatable bonds is 11. The number of nitrogens with one attached hydrogen (secondary N) is 1. The van der Waals surface area contributed by atoms with Crippen LogP contribution in [0.2, 0.25) is 0 Å². The van der Waals surface area contributed by atoms with E-state index in [0.717, 1.165) is 13.1 Å². The van der Waals surface area contributed by atoms with E-state index in [1.165, 1.54) is 50.3 Å². The number of unbranched alkanes of at least 4 members (excludes halogenated alkanes) is 1. The molecule has 0 fully saturated rings. The number of thioether (sulfide) groups is 1. The summed E-state index contributed by atoms with van der Waals surface area (Å²) in [5.74, 6) is 2.43. The minimum Gasteiger partial charge on any atom is -0.315 e. The van der Waals surface area contributed by atoms with Crippen molar-refractivity contribution in [3.05, 3.63) is 23.8 Å². The summed E-state index contributed by atoms with van der Waals surface area (Å²) in [5, 5.41) is 3.53. The van der Waals surface area contributed by atoms with Gasteiger partial charge in [0.25, 0.3) is 0 Å². The molecular weight excluding hydrogens is 252 g/mol. The van der Waals surface area contributed by atoms with E-state index in [2.05, 4.69) is 54.2 Å². The molecule has 0 bridgehead atoms. The normalized spacial score (nSPS) is 15.0. The van der Waals surface area contributed by atoms with Crippen LogP contribution in [0.25, 0.3) is 0 Å². The highest BCUT2D eigenvalue weighted by atomic mass is 32.2. The predicted octanol–water partition coefficient (Wildman–Crippen LogP) is 3.32. The third kappa shape index (κ3) is 9.31. The second kappa shape index (κ2) is 11.6. The van der Waals surface area contributed by atoms with E-state index in [1.54, 1.807) is 5.57 Å². The quantitative estimate of drug-likeness (QED) is 0.585. The van der Waals surface area contributed by atoms with Crippen LogP contribution in [0, 0.1) is 0 Å². The minimum atomic E-state index is 1.12. The molecule has 0 atom stereocenters. The van der Waals surface area contributed by atoms with Gasteiger partial charge in [-0.25, -0.2) is 0 Å². The SMILES string of the molecule is CCCCN(C)CCNCCSCC1=CC=CCC1. The van der Waals surface area contributed by atoms with Gasteiger partial charge in [0.05, 0.1) is 0 Å². The Morgan fingerprint density at radius 2 is 2.21 bits per heavy atom. The summed E-state index contributed by atoms with van der Waals surface area (Å²) in [5.41, 5.74) is 1.60. The van der Waals surface area contributed by atoms with Crippen molar-refractivity contribution in [3.8, 4) is 0 Å². The maximum Gasteiger partial charge on any atom is 0.0147 e. The van der Waals surface area contributed by atoms with E-state index in [0.29, 0.717) is 0 Å². The Hall–Kier alpha value is -0.250. The van der Waals surface area contributed by atoms with Gasteiger partial charge in [0.1, 0.15) is 0 Å². The fraction of sp³-hybridized carbons (Fsp3) is 0.750. The van der Waals surface area contributed by atoms with Crippen molar-refractivity contribution >= 4 is 11.8 Å². The van der Waals surface area contributed by atoms with E-state index in [1.807, 2.05) is 0 Å². The average Bonchev–Trinajstić information content (AvgIpc) is 2.45. The summed E-state index contributed by atoms with van der Waals surface area (Å²) >= 11 is 2.05. The molecule has 1 N–H and O–H groups in total. The molecule has 0 saturated heterocycles. The van der Waals surface area contributed by atoms with Crippen LogP contribution in [0.1, 0.15) is 32.6 Å². The van der Waals surface area contributed by atoms with Gasteiger partial charge in [-0.1, -0.05) is 37.1 Å². The molecular formula is C16H30N2S. The van der Waals surface area contributed by atoms with Gasteiger partial charge >= 0.3 is 0 Å². The highest BCUT2D eigenvalue weighted by Crippen LogP contribution is 2.16. The summed E-state index contributed by atoms with van der Waals surface area (Å²) in [4.78, 5) is 2.42. The molecule has 19 heavy (non-hydrogen) atoms. The smallest absolute Gasteiger partial charge is 0.0147 e. The van der Waals surface area contributed by atoms with E-state index < -0.39 is 0 Å². The number of allylic oxidation sites excluding steroid dienone is 3. The second-order valence-electron chi connectivity index (χ2n) is 5.25. The summed E-state index contributed by atoms with van der Waals surface area (Å²) in [6, 6.07) is 0. The van der Waals surface area contributed by atoms with Crippen LogP contribution in [0.15, 0.2) is 23.8 Å². The van der Waals surface area contributed by atoms with Gasteiger partial charge in [-0.2, -0.15) is 11.8 Å². The van der Waals surface area contributed by atoms with Crippen LogP contribution in [0.3, 0.4) is 0 Å². The largest absolute Gasteiger partial charge is 0.315 e. The van der Waals surface area contributed by atoms with Gasteiger partial charge < -0.3 is 10.2 Å². The Morgan fingerprint density at radius 3 is 2.95 bits per heavy atom. The first kappa shape index (κ1) is 16.8. The molecule has 0 unspecified atom stereocenters. The molecule has 0 aromatic heterocycles. The highest BCUT2D eigenvalue weighted by Gasteiger charge is 2.00. The zero-order chi connectivity index (χ0) is 13.8. The average molecular weight is 282 g/mol. The predicted molar refractivity (Wildman–Crippen MR) is 89.1 cm³/mol. The van der Waals surface area contributed by atoms with Gasteiger partial charge in [-0.15, -0.1) is 0 Å². The Labute approximate surface area is 123 Å². The standard InChI is InChI=1S/C16H30N2S/c1-3-4-12-18(2)13-10-17-11-14-19-15-16-8-6-5-7-9-16/h5-6,8,17H,3-4,7,9-15H2,1-2H3. The summed E-state index contributed by atoms with van der Waals surface area (Å²) in [7, 11) is 2.22. The van der Waals surface area contributed by atoms with E-state index in [9.17, 15) is 0 Å². The summed E-state index contributed by atoms with van der Waals surface area (Å²) in [6.45, 7) is 6.90. The van der Waals surface area contributed by atoms with Crippen LogP contribution in [0.4, 0.5) is 0 Å². The van der Waals surface area contributed by atoms with Crippen molar-refractivity contribution in [2.24, 2.45) is 0 Å². The van der Waals surface area contributed by atoms with Crippen LogP contribution >= 0.6 is 11.8 Å². The summed E-state index contributed by atoms with van der Waals surface area (Å²) < 4.78 is 0. The zero-order valence-corrected chi connectivity index (χ0v) is 13.5. The molecule has 110 valence electrons. The van der Waals surface area contributed by atoms with Crippen LogP contribution in [-0.2, 0) is 0 Å². The number of hydrogen-bond donors (Lipinski definition) is 1. The van der Waals surface area contributed by atoms with Crippen LogP contribution < -0.4 is 5.32 Å². The molecule has 1 rings (SSSR count). The van der Waals surface area contributed by atoms with E-state index in [-0.39, 0.29) is 0 Å². The molecule has 0 aromatic rings. The van der Waals surface area contributed by atoms with Crippen molar-refractivity contribution in [2.75, 3.05) is 44.7 Å². The number of likely N-dealkylation sites (N-methyl/N-ethyl adjacent to an activating group) is 1. The molecule has 3 heteroatoms. The fourth-order valence-corrected chi connectivity index (χ4v) is 2.99. The minimum absolute atomic E-state index is 1.12. The van der Waals surface area contributed by atoms with Gasteiger partial charge in [0.2, 0.25) is 0 Å². The monoisotopic (exact) mass is 282 g/mol.